The van der Waals surface area contributed by atoms with E-state index in [4.69, 9.17) is 4.74 Å². The monoisotopic (exact) mass is 346 g/mol. The lowest BCUT2D eigenvalue weighted by Crippen LogP contribution is -2.50. The van der Waals surface area contributed by atoms with Crippen LogP contribution in [0, 0.1) is 5.92 Å². The molecule has 1 amide bonds. The molecule has 0 bridgehead atoms. The fourth-order valence-electron chi connectivity index (χ4n) is 4.61. The van der Waals surface area contributed by atoms with Gasteiger partial charge < -0.3 is 9.64 Å². The van der Waals surface area contributed by atoms with Gasteiger partial charge >= 0.3 is 0 Å². The summed E-state index contributed by atoms with van der Waals surface area (Å²) in [6, 6.07) is 0.450. The van der Waals surface area contributed by atoms with Crippen LogP contribution in [0.2, 0.25) is 0 Å². The molecule has 0 radical (unpaired) electrons. The molecule has 0 saturated carbocycles. The maximum atomic E-state index is 12.8. The van der Waals surface area contributed by atoms with Crippen LogP contribution in [-0.2, 0) is 23.1 Å². The Labute approximate surface area is 150 Å². The van der Waals surface area contributed by atoms with E-state index in [1.54, 1.807) is 0 Å². The minimum Gasteiger partial charge on any atom is -0.363 e. The van der Waals surface area contributed by atoms with E-state index < -0.39 is 0 Å². The summed E-state index contributed by atoms with van der Waals surface area (Å²) < 4.78 is 8.13. The number of amides is 1. The first-order valence-corrected chi connectivity index (χ1v) is 9.76. The lowest BCUT2D eigenvalue weighted by molar-refractivity contribution is -0.155. The summed E-state index contributed by atoms with van der Waals surface area (Å²) in [5.41, 5.74) is 1.25. The zero-order chi connectivity index (χ0) is 17.4. The zero-order valence-corrected chi connectivity index (χ0v) is 15.4. The number of hydrogen-bond donors (Lipinski definition) is 0. The van der Waals surface area contributed by atoms with E-state index in [9.17, 15) is 4.79 Å². The van der Waals surface area contributed by atoms with Crippen LogP contribution in [-0.4, -0.2) is 63.4 Å². The van der Waals surface area contributed by atoms with Crippen LogP contribution in [0.25, 0.3) is 0 Å². The summed E-state index contributed by atoms with van der Waals surface area (Å²) in [6.07, 6.45) is 9.23. The standard InChI is InChI=1S/C19H30N4O2/c1-14-5-8-22(9-6-14)19(24)18-4-3-16-17(25-18)7-10-23(16)13-15-11-20-21(2)12-15/h11-12,14,16-18H,3-10,13H2,1-2H3/t16-,17-,18-/m0/s1. The van der Waals surface area contributed by atoms with Crippen LogP contribution >= 0.6 is 0 Å². The van der Waals surface area contributed by atoms with Crippen molar-refractivity contribution in [3.8, 4) is 0 Å². The third-order valence-electron chi connectivity index (χ3n) is 6.18. The normalized spacial score (nSPS) is 31.3. The molecule has 0 spiro atoms. The molecular formula is C19H30N4O2. The van der Waals surface area contributed by atoms with Crippen molar-refractivity contribution in [1.82, 2.24) is 19.6 Å². The number of carbonyl (C=O) groups excluding carboxylic acids is 1. The number of nitrogens with zero attached hydrogens (tertiary/aromatic N) is 4. The van der Waals surface area contributed by atoms with Crippen LogP contribution in [0.3, 0.4) is 0 Å². The van der Waals surface area contributed by atoms with Crippen molar-refractivity contribution in [2.45, 2.75) is 63.8 Å². The van der Waals surface area contributed by atoms with Crippen LogP contribution in [0.5, 0.6) is 0 Å². The Balaban J connectivity index is 1.33. The number of likely N-dealkylation sites (tertiary alicyclic amines) is 2. The molecule has 4 heterocycles. The Kier molecular flexibility index (Phi) is 4.82. The largest absolute Gasteiger partial charge is 0.363 e. The number of piperidine rings is 1. The molecule has 3 fully saturated rings. The summed E-state index contributed by atoms with van der Waals surface area (Å²) in [4.78, 5) is 17.3. The van der Waals surface area contributed by atoms with Crippen molar-refractivity contribution in [3.63, 3.8) is 0 Å². The van der Waals surface area contributed by atoms with Gasteiger partial charge in [-0.1, -0.05) is 6.92 Å². The topological polar surface area (TPSA) is 50.6 Å². The summed E-state index contributed by atoms with van der Waals surface area (Å²) in [5, 5.41) is 4.26. The third-order valence-corrected chi connectivity index (χ3v) is 6.18. The molecule has 1 aromatic heterocycles. The Bertz CT molecular complexity index is 608. The van der Waals surface area contributed by atoms with Crippen molar-refractivity contribution in [2.75, 3.05) is 19.6 Å². The Morgan fingerprint density at radius 1 is 1.20 bits per heavy atom. The second-order valence-electron chi connectivity index (χ2n) is 8.10. The number of hydrogen-bond acceptors (Lipinski definition) is 4. The lowest BCUT2D eigenvalue weighted by Gasteiger charge is -2.38. The molecule has 6 nitrogen and oxygen atoms in total. The number of carbonyl (C=O) groups is 1. The molecule has 1 aromatic rings. The highest BCUT2D eigenvalue weighted by molar-refractivity contribution is 5.81. The molecule has 4 rings (SSSR count). The first-order chi connectivity index (χ1) is 12.1. The summed E-state index contributed by atoms with van der Waals surface area (Å²) in [7, 11) is 1.96. The Hall–Kier alpha value is -1.40. The smallest absolute Gasteiger partial charge is 0.251 e. The van der Waals surface area contributed by atoms with E-state index in [1.165, 1.54) is 5.56 Å². The van der Waals surface area contributed by atoms with Gasteiger partial charge in [0.25, 0.3) is 5.91 Å². The maximum Gasteiger partial charge on any atom is 0.251 e. The van der Waals surface area contributed by atoms with Gasteiger partial charge in [0.15, 0.2) is 0 Å². The van der Waals surface area contributed by atoms with Gasteiger partial charge in [-0.05, 0) is 38.0 Å². The summed E-state index contributed by atoms with van der Waals surface area (Å²) >= 11 is 0. The molecule has 0 N–H and O–H groups in total. The Morgan fingerprint density at radius 3 is 2.72 bits per heavy atom. The van der Waals surface area contributed by atoms with E-state index in [-0.39, 0.29) is 18.1 Å². The van der Waals surface area contributed by atoms with Gasteiger partial charge in [0.1, 0.15) is 6.10 Å². The van der Waals surface area contributed by atoms with Gasteiger partial charge in [0.05, 0.1) is 12.3 Å². The van der Waals surface area contributed by atoms with E-state index >= 15 is 0 Å². The molecule has 3 aliphatic rings. The number of aryl methyl sites for hydroxylation is 1. The molecule has 3 atom stereocenters. The Morgan fingerprint density at radius 2 is 2.00 bits per heavy atom. The maximum absolute atomic E-state index is 12.8. The lowest BCUT2D eigenvalue weighted by atomic mass is 9.96. The predicted molar refractivity (Wildman–Crippen MR) is 94.9 cm³/mol. The van der Waals surface area contributed by atoms with Crippen molar-refractivity contribution >= 4 is 5.91 Å². The molecule has 0 unspecified atom stereocenters. The highest BCUT2D eigenvalue weighted by Crippen LogP contribution is 2.33. The van der Waals surface area contributed by atoms with Gasteiger partial charge in [-0.15, -0.1) is 0 Å². The van der Waals surface area contributed by atoms with Crippen LogP contribution in [0.15, 0.2) is 12.4 Å². The van der Waals surface area contributed by atoms with Crippen molar-refractivity contribution in [1.29, 1.82) is 0 Å². The number of rotatable bonds is 3. The molecule has 6 heteroatoms. The summed E-state index contributed by atoms with van der Waals surface area (Å²) in [6.45, 7) is 6.06. The second-order valence-corrected chi connectivity index (χ2v) is 8.10. The first-order valence-electron chi connectivity index (χ1n) is 9.76. The summed E-state index contributed by atoms with van der Waals surface area (Å²) in [5.74, 6) is 0.979. The fraction of sp³-hybridized carbons (Fsp3) is 0.789. The molecule has 3 saturated heterocycles. The quantitative estimate of drug-likeness (QED) is 0.837. The van der Waals surface area contributed by atoms with Crippen molar-refractivity contribution in [2.24, 2.45) is 13.0 Å². The molecule has 0 aliphatic carbocycles. The third kappa shape index (κ3) is 3.60. The highest BCUT2D eigenvalue weighted by atomic mass is 16.5. The van der Waals surface area contributed by atoms with E-state index in [1.807, 2.05) is 22.8 Å². The number of aromatic nitrogens is 2. The average molecular weight is 346 g/mol. The minimum absolute atomic E-state index is 0.211. The first kappa shape index (κ1) is 17.0. The van der Waals surface area contributed by atoms with Crippen molar-refractivity contribution in [3.05, 3.63) is 18.0 Å². The van der Waals surface area contributed by atoms with Gasteiger partial charge in [-0.3, -0.25) is 14.4 Å². The average Bonchev–Trinajstić information content (AvgIpc) is 3.21. The highest BCUT2D eigenvalue weighted by Gasteiger charge is 2.42. The molecule has 25 heavy (non-hydrogen) atoms. The molecule has 3 aliphatic heterocycles. The second kappa shape index (κ2) is 7.08. The molecular weight excluding hydrogens is 316 g/mol. The molecule has 138 valence electrons. The number of ether oxygens (including phenoxy) is 1. The molecule has 0 aromatic carbocycles. The van der Waals surface area contributed by atoms with Crippen molar-refractivity contribution < 1.29 is 9.53 Å². The van der Waals surface area contributed by atoms with Crippen LogP contribution < -0.4 is 0 Å². The number of fused-ring (bicyclic) bond motifs is 1. The van der Waals surface area contributed by atoms with Crippen LogP contribution in [0.1, 0.15) is 44.6 Å². The fourth-order valence-corrected chi connectivity index (χ4v) is 4.61. The van der Waals surface area contributed by atoms with Gasteiger partial charge in [0.2, 0.25) is 0 Å². The van der Waals surface area contributed by atoms with E-state index in [0.29, 0.717) is 6.04 Å². The predicted octanol–water partition coefficient (Wildman–Crippen LogP) is 1.80. The van der Waals surface area contributed by atoms with Gasteiger partial charge in [-0.25, -0.2) is 0 Å². The minimum atomic E-state index is -0.215. The SMILES string of the molecule is CC1CCN(C(=O)[C@@H]2CC[C@H]3[C@H](CCN3Cc3cnn(C)c3)O2)CC1. The van der Waals surface area contributed by atoms with Gasteiger partial charge in [-0.2, -0.15) is 5.10 Å². The zero-order valence-electron chi connectivity index (χ0n) is 15.4. The van der Waals surface area contributed by atoms with E-state index in [2.05, 4.69) is 23.1 Å². The van der Waals surface area contributed by atoms with E-state index in [0.717, 1.165) is 64.2 Å². The van der Waals surface area contributed by atoms with Gasteiger partial charge in [0, 0.05) is 51.0 Å². The van der Waals surface area contributed by atoms with Crippen LogP contribution in [0.4, 0.5) is 0 Å².